The van der Waals surface area contributed by atoms with Gasteiger partial charge in [-0.1, -0.05) is 34.1 Å². The number of nitrogens with one attached hydrogen (secondary N) is 2. The Bertz CT molecular complexity index is 1030. The average Bonchev–Trinajstić information content (AvgIpc) is 3.10. The number of carbonyl (C=O) groups is 2. The zero-order chi connectivity index (χ0) is 21.0. The number of fused-ring (bicyclic) bond motifs is 1. The summed E-state index contributed by atoms with van der Waals surface area (Å²) in [4.78, 5) is 29.8. The molecule has 2 N–H and O–H groups in total. The second-order valence-corrected chi connectivity index (χ2v) is 7.88. The van der Waals surface area contributed by atoms with Crippen molar-refractivity contribution in [1.29, 1.82) is 0 Å². The Morgan fingerprint density at radius 1 is 1.21 bits per heavy atom. The zero-order valence-corrected chi connectivity index (χ0v) is 18.2. The Balaban J connectivity index is 1.81. The van der Waals surface area contributed by atoms with Crippen LogP contribution in [0.5, 0.6) is 5.75 Å². The number of halogens is 1. The highest BCUT2D eigenvalue weighted by atomic mass is 79.9. The predicted octanol–water partition coefficient (Wildman–Crippen LogP) is 3.64. The minimum atomic E-state index is -0.658. The highest BCUT2D eigenvalue weighted by molar-refractivity contribution is 9.10. The standard InChI is InChI=1S/C22H24BrN3O3/c1-14(27)25-20(11-15-12-24-19-7-5-4-6-18(15)19)22(28)26(2)13-16-10-17(23)8-9-21(16)29-3/h4-10,12,20,24H,11,13H2,1-3H3,(H,25,27). The first-order chi connectivity index (χ1) is 13.9. The minimum absolute atomic E-state index is 0.160. The molecule has 1 heterocycles. The van der Waals surface area contributed by atoms with Crippen LogP contribution in [0.25, 0.3) is 10.9 Å². The number of hydrogen-bond acceptors (Lipinski definition) is 3. The molecular formula is C22H24BrN3O3. The van der Waals surface area contributed by atoms with Crippen molar-refractivity contribution in [3.8, 4) is 5.75 Å². The monoisotopic (exact) mass is 457 g/mol. The number of aromatic nitrogens is 1. The maximum atomic E-state index is 13.2. The molecule has 0 saturated carbocycles. The maximum Gasteiger partial charge on any atom is 0.245 e. The van der Waals surface area contributed by atoms with Crippen LogP contribution in [0.3, 0.4) is 0 Å². The molecule has 0 aliphatic rings. The molecule has 0 spiro atoms. The summed E-state index contributed by atoms with van der Waals surface area (Å²) in [6, 6.07) is 12.9. The largest absolute Gasteiger partial charge is 0.496 e. The van der Waals surface area contributed by atoms with Crippen LogP contribution in [0.2, 0.25) is 0 Å². The molecule has 6 nitrogen and oxygen atoms in total. The molecule has 0 bridgehead atoms. The van der Waals surface area contributed by atoms with Gasteiger partial charge in [0.15, 0.2) is 0 Å². The van der Waals surface area contributed by atoms with Gasteiger partial charge >= 0.3 is 0 Å². The summed E-state index contributed by atoms with van der Waals surface area (Å²) in [6.45, 7) is 1.79. The number of para-hydroxylation sites is 1. The molecule has 3 rings (SSSR count). The number of nitrogens with zero attached hydrogens (tertiary/aromatic N) is 1. The molecule has 2 aromatic carbocycles. The second kappa shape index (κ2) is 9.13. The number of methoxy groups -OCH3 is 1. The van der Waals surface area contributed by atoms with Gasteiger partial charge in [0.25, 0.3) is 0 Å². The third-order valence-corrected chi connectivity index (χ3v) is 5.29. The van der Waals surface area contributed by atoms with Gasteiger partial charge in [0.05, 0.1) is 7.11 Å². The molecule has 0 aliphatic carbocycles. The van der Waals surface area contributed by atoms with Gasteiger partial charge < -0.3 is 19.9 Å². The van der Waals surface area contributed by atoms with Crippen molar-refractivity contribution < 1.29 is 14.3 Å². The van der Waals surface area contributed by atoms with Crippen molar-refractivity contribution in [1.82, 2.24) is 15.2 Å². The van der Waals surface area contributed by atoms with E-state index in [9.17, 15) is 9.59 Å². The van der Waals surface area contributed by atoms with E-state index in [0.717, 1.165) is 26.5 Å². The molecule has 1 aromatic heterocycles. The number of rotatable bonds is 7. The summed E-state index contributed by atoms with van der Waals surface area (Å²) in [7, 11) is 3.33. The second-order valence-electron chi connectivity index (χ2n) is 6.97. The zero-order valence-electron chi connectivity index (χ0n) is 16.7. The lowest BCUT2D eigenvalue weighted by molar-refractivity contribution is -0.135. The fraction of sp³-hybridized carbons (Fsp3) is 0.273. The number of hydrogen-bond donors (Lipinski definition) is 2. The van der Waals surface area contributed by atoms with Gasteiger partial charge in [-0.25, -0.2) is 0 Å². The van der Waals surface area contributed by atoms with Crippen LogP contribution in [-0.4, -0.2) is 41.9 Å². The van der Waals surface area contributed by atoms with E-state index in [2.05, 4.69) is 26.2 Å². The molecule has 7 heteroatoms. The van der Waals surface area contributed by atoms with Gasteiger partial charge in [0.2, 0.25) is 11.8 Å². The van der Waals surface area contributed by atoms with Gasteiger partial charge in [-0.3, -0.25) is 9.59 Å². The molecule has 0 radical (unpaired) electrons. The van der Waals surface area contributed by atoms with Crippen molar-refractivity contribution in [3.05, 3.63) is 64.3 Å². The van der Waals surface area contributed by atoms with Crippen LogP contribution in [-0.2, 0) is 22.6 Å². The van der Waals surface area contributed by atoms with E-state index in [4.69, 9.17) is 4.74 Å². The van der Waals surface area contributed by atoms with E-state index in [1.54, 1.807) is 19.1 Å². The Morgan fingerprint density at radius 2 is 1.97 bits per heavy atom. The Labute approximate surface area is 178 Å². The smallest absolute Gasteiger partial charge is 0.245 e. The number of benzene rings is 2. The van der Waals surface area contributed by atoms with E-state index < -0.39 is 6.04 Å². The summed E-state index contributed by atoms with van der Waals surface area (Å²) in [5.41, 5.74) is 2.87. The van der Waals surface area contributed by atoms with Gasteiger partial charge in [0, 0.05) is 54.1 Å². The lowest BCUT2D eigenvalue weighted by Crippen LogP contribution is -2.47. The fourth-order valence-corrected chi connectivity index (χ4v) is 3.84. The van der Waals surface area contributed by atoms with Crippen LogP contribution in [0, 0.1) is 0 Å². The molecule has 152 valence electrons. The Kier molecular flexibility index (Phi) is 6.59. The maximum absolute atomic E-state index is 13.2. The molecule has 1 unspecified atom stereocenters. The molecule has 1 atom stereocenters. The molecule has 0 aliphatic heterocycles. The summed E-state index contributed by atoms with van der Waals surface area (Å²) in [5.74, 6) is 0.310. The number of likely N-dealkylation sites (N-methyl/N-ethyl adjacent to an activating group) is 1. The molecule has 0 fully saturated rings. The van der Waals surface area contributed by atoms with Crippen LogP contribution in [0.1, 0.15) is 18.1 Å². The van der Waals surface area contributed by atoms with Crippen molar-refractivity contribution >= 4 is 38.6 Å². The van der Waals surface area contributed by atoms with Crippen LogP contribution >= 0.6 is 15.9 Å². The Morgan fingerprint density at radius 3 is 2.69 bits per heavy atom. The van der Waals surface area contributed by atoms with Gasteiger partial charge in [0.1, 0.15) is 11.8 Å². The van der Waals surface area contributed by atoms with E-state index in [-0.39, 0.29) is 11.8 Å². The first-order valence-corrected chi connectivity index (χ1v) is 10.1. The Hall–Kier alpha value is -2.80. The molecule has 3 aromatic rings. The summed E-state index contributed by atoms with van der Waals surface area (Å²) >= 11 is 3.46. The summed E-state index contributed by atoms with van der Waals surface area (Å²) in [6.07, 6.45) is 2.30. The number of aromatic amines is 1. The van der Waals surface area contributed by atoms with Gasteiger partial charge in [-0.05, 0) is 29.8 Å². The first-order valence-electron chi connectivity index (χ1n) is 9.28. The number of ether oxygens (including phenoxy) is 1. The van der Waals surface area contributed by atoms with E-state index in [0.29, 0.717) is 18.7 Å². The molecular weight excluding hydrogens is 434 g/mol. The lowest BCUT2D eigenvalue weighted by atomic mass is 10.0. The minimum Gasteiger partial charge on any atom is -0.496 e. The number of carbonyl (C=O) groups excluding carboxylic acids is 2. The highest BCUT2D eigenvalue weighted by Gasteiger charge is 2.25. The van der Waals surface area contributed by atoms with Crippen LogP contribution in [0.4, 0.5) is 0 Å². The van der Waals surface area contributed by atoms with Gasteiger partial charge in [-0.2, -0.15) is 0 Å². The topological polar surface area (TPSA) is 74.4 Å². The third kappa shape index (κ3) is 4.98. The van der Waals surface area contributed by atoms with E-state index >= 15 is 0 Å². The van der Waals surface area contributed by atoms with E-state index in [1.165, 1.54) is 6.92 Å². The molecule has 0 saturated heterocycles. The first kappa shape index (κ1) is 20.9. The number of H-pyrrole nitrogens is 1. The third-order valence-electron chi connectivity index (χ3n) is 4.80. The van der Waals surface area contributed by atoms with Crippen molar-refractivity contribution in [2.75, 3.05) is 14.2 Å². The van der Waals surface area contributed by atoms with Crippen LogP contribution < -0.4 is 10.1 Å². The number of amides is 2. The van der Waals surface area contributed by atoms with Crippen LogP contribution in [0.15, 0.2) is 53.1 Å². The predicted molar refractivity (Wildman–Crippen MR) is 117 cm³/mol. The fourth-order valence-electron chi connectivity index (χ4n) is 3.44. The quantitative estimate of drug-likeness (QED) is 0.568. The summed E-state index contributed by atoms with van der Waals surface area (Å²) < 4.78 is 6.32. The molecule has 2 amide bonds. The lowest BCUT2D eigenvalue weighted by Gasteiger charge is -2.25. The van der Waals surface area contributed by atoms with Crippen molar-refractivity contribution in [2.24, 2.45) is 0 Å². The van der Waals surface area contributed by atoms with Crippen molar-refractivity contribution in [3.63, 3.8) is 0 Å². The van der Waals surface area contributed by atoms with Crippen molar-refractivity contribution in [2.45, 2.75) is 25.9 Å². The SMILES string of the molecule is COc1ccc(Br)cc1CN(C)C(=O)C(Cc1c[nH]c2ccccc12)NC(C)=O. The highest BCUT2D eigenvalue weighted by Crippen LogP contribution is 2.25. The van der Waals surface area contributed by atoms with E-state index in [1.807, 2.05) is 48.7 Å². The average molecular weight is 458 g/mol. The summed E-state index contributed by atoms with van der Waals surface area (Å²) in [5, 5.41) is 3.85. The molecule has 29 heavy (non-hydrogen) atoms. The normalized spacial score (nSPS) is 11.9. The van der Waals surface area contributed by atoms with Gasteiger partial charge in [-0.15, -0.1) is 0 Å².